The van der Waals surface area contributed by atoms with Crippen molar-refractivity contribution in [2.75, 3.05) is 18.6 Å². The number of nitrogens with one attached hydrogen (secondary N) is 1. The molecule has 0 radical (unpaired) electrons. The van der Waals surface area contributed by atoms with E-state index >= 15 is 0 Å². The van der Waals surface area contributed by atoms with Crippen LogP contribution in [0.1, 0.15) is 5.69 Å². The average molecular weight is 253 g/mol. The van der Waals surface area contributed by atoms with Gasteiger partial charge in [-0.05, 0) is 12.1 Å². The van der Waals surface area contributed by atoms with E-state index in [2.05, 4.69) is 10.3 Å². The van der Waals surface area contributed by atoms with Crippen LogP contribution in [0.3, 0.4) is 0 Å². The van der Waals surface area contributed by atoms with Crippen LogP contribution < -0.4 is 5.32 Å². The zero-order valence-electron chi connectivity index (χ0n) is 9.63. The molecular formula is C11H15N3O2S. The molecule has 0 unspecified atom stereocenters. The molecule has 0 aliphatic rings. The Hall–Kier alpha value is -1.40. The maximum absolute atomic E-state index is 10.9. The Kier molecular flexibility index (Phi) is 3.44. The highest BCUT2D eigenvalue weighted by Crippen LogP contribution is 2.03. The lowest BCUT2D eigenvalue weighted by Crippen LogP contribution is -2.22. The first-order valence-corrected chi connectivity index (χ1v) is 7.42. The maximum Gasteiger partial charge on any atom is 0.148 e. The Morgan fingerprint density at radius 3 is 2.94 bits per heavy atom. The fourth-order valence-electron chi connectivity index (χ4n) is 1.55. The SMILES string of the molecule is CS(=O)(=O)CCNCc1cn2ccccc2n1. The van der Waals surface area contributed by atoms with E-state index in [4.69, 9.17) is 0 Å². The van der Waals surface area contributed by atoms with E-state index in [1.54, 1.807) is 0 Å². The molecule has 2 aromatic heterocycles. The number of sulfone groups is 1. The van der Waals surface area contributed by atoms with Crippen LogP contribution in [0.2, 0.25) is 0 Å². The number of hydrogen-bond donors (Lipinski definition) is 1. The van der Waals surface area contributed by atoms with Crippen molar-refractivity contribution in [3.63, 3.8) is 0 Å². The Morgan fingerprint density at radius 1 is 1.41 bits per heavy atom. The van der Waals surface area contributed by atoms with E-state index < -0.39 is 9.84 Å². The van der Waals surface area contributed by atoms with Crippen LogP contribution in [0.15, 0.2) is 30.6 Å². The highest BCUT2D eigenvalue weighted by Gasteiger charge is 2.03. The van der Waals surface area contributed by atoms with Crippen molar-refractivity contribution < 1.29 is 8.42 Å². The predicted octanol–water partition coefficient (Wildman–Crippen LogP) is 0.468. The van der Waals surface area contributed by atoms with Gasteiger partial charge in [0.15, 0.2) is 0 Å². The monoisotopic (exact) mass is 253 g/mol. The standard InChI is InChI=1S/C11H15N3O2S/c1-17(15,16)7-5-12-8-10-9-14-6-3-2-4-11(14)13-10/h2-4,6,9,12H,5,7-8H2,1H3. The first-order chi connectivity index (χ1) is 8.04. The number of imidazole rings is 1. The zero-order valence-corrected chi connectivity index (χ0v) is 10.4. The maximum atomic E-state index is 10.9. The van der Waals surface area contributed by atoms with Gasteiger partial charge < -0.3 is 9.72 Å². The first kappa shape index (κ1) is 12.1. The minimum atomic E-state index is -2.89. The molecule has 2 rings (SSSR count). The third-order valence-electron chi connectivity index (χ3n) is 2.37. The van der Waals surface area contributed by atoms with Gasteiger partial charge in [0, 0.05) is 31.7 Å². The summed E-state index contributed by atoms with van der Waals surface area (Å²) in [6.45, 7) is 1.03. The van der Waals surface area contributed by atoms with Gasteiger partial charge in [-0.1, -0.05) is 6.07 Å². The van der Waals surface area contributed by atoms with Crippen molar-refractivity contribution in [2.45, 2.75) is 6.54 Å². The molecule has 0 aliphatic carbocycles. The van der Waals surface area contributed by atoms with Crippen LogP contribution in [-0.4, -0.2) is 36.4 Å². The van der Waals surface area contributed by atoms with Gasteiger partial charge in [0.1, 0.15) is 15.5 Å². The third-order valence-corrected chi connectivity index (χ3v) is 3.32. The fraction of sp³-hybridized carbons (Fsp3) is 0.364. The Labute approximate surface area is 100 Å². The number of pyridine rings is 1. The van der Waals surface area contributed by atoms with Crippen molar-refractivity contribution in [1.82, 2.24) is 14.7 Å². The topological polar surface area (TPSA) is 63.5 Å². The molecule has 17 heavy (non-hydrogen) atoms. The van der Waals surface area contributed by atoms with Crippen molar-refractivity contribution in [1.29, 1.82) is 0 Å². The first-order valence-electron chi connectivity index (χ1n) is 5.36. The average Bonchev–Trinajstić information content (AvgIpc) is 2.65. The molecule has 0 bridgehead atoms. The summed E-state index contributed by atoms with van der Waals surface area (Å²) in [6.07, 6.45) is 5.10. The molecule has 0 aliphatic heterocycles. The van der Waals surface area contributed by atoms with Gasteiger partial charge in [0.25, 0.3) is 0 Å². The van der Waals surface area contributed by atoms with Gasteiger partial charge in [-0.25, -0.2) is 13.4 Å². The molecule has 92 valence electrons. The second-order valence-electron chi connectivity index (χ2n) is 4.01. The molecule has 6 heteroatoms. The summed E-state index contributed by atoms with van der Waals surface area (Å²) in [5.41, 5.74) is 1.80. The summed E-state index contributed by atoms with van der Waals surface area (Å²) in [5.74, 6) is 0.153. The van der Waals surface area contributed by atoms with Crippen LogP contribution in [0.25, 0.3) is 5.65 Å². The van der Waals surface area contributed by atoms with Gasteiger partial charge >= 0.3 is 0 Å². The minimum Gasteiger partial charge on any atom is -0.310 e. The van der Waals surface area contributed by atoms with Crippen LogP contribution in [0.4, 0.5) is 0 Å². The Balaban J connectivity index is 1.91. The summed E-state index contributed by atoms with van der Waals surface area (Å²) in [6, 6.07) is 5.80. The second-order valence-corrected chi connectivity index (χ2v) is 6.26. The predicted molar refractivity (Wildman–Crippen MR) is 66.6 cm³/mol. The number of rotatable bonds is 5. The quantitative estimate of drug-likeness (QED) is 0.787. The van der Waals surface area contributed by atoms with Crippen LogP contribution in [0, 0.1) is 0 Å². The normalized spacial score (nSPS) is 12.1. The van der Waals surface area contributed by atoms with E-state index in [-0.39, 0.29) is 5.75 Å². The van der Waals surface area contributed by atoms with Crippen molar-refractivity contribution in [3.05, 3.63) is 36.3 Å². The molecule has 0 saturated heterocycles. The van der Waals surface area contributed by atoms with Crippen molar-refractivity contribution in [2.24, 2.45) is 0 Å². The van der Waals surface area contributed by atoms with Crippen LogP contribution in [0.5, 0.6) is 0 Å². The Bertz CT molecular complexity index is 571. The molecule has 0 spiro atoms. The highest BCUT2D eigenvalue weighted by atomic mass is 32.2. The van der Waals surface area contributed by atoms with E-state index in [0.717, 1.165) is 11.3 Å². The summed E-state index contributed by atoms with van der Waals surface area (Å²) < 4.78 is 23.8. The van der Waals surface area contributed by atoms with E-state index in [1.165, 1.54) is 6.26 Å². The van der Waals surface area contributed by atoms with Gasteiger partial charge in [-0.15, -0.1) is 0 Å². The van der Waals surface area contributed by atoms with E-state index in [1.807, 2.05) is 35.0 Å². The molecule has 2 heterocycles. The van der Waals surface area contributed by atoms with Crippen molar-refractivity contribution >= 4 is 15.5 Å². The largest absolute Gasteiger partial charge is 0.310 e. The lowest BCUT2D eigenvalue weighted by molar-refractivity contribution is 0.596. The molecule has 0 atom stereocenters. The molecular weight excluding hydrogens is 238 g/mol. The fourth-order valence-corrected chi connectivity index (χ4v) is 2.06. The van der Waals surface area contributed by atoms with Crippen molar-refractivity contribution in [3.8, 4) is 0 Å². The van der Waals surface area contributed by atoms with E-state index in [0.29, 0.717) is 13.1 Å². The van der Waals surface area contributed by atoms with E-state index in [9.17, 15) is 8.42 Å². The summed E-state index contributed by atoms with van der Waals surface area (Å²) >= 11 is 0. The molecule has 2 aromatic rings. The lowest BCUT2D eigenvalue weighted by Gasteiger charge is -2.00. The third kappa shape index (κ3) is 3.54. The van der Waals surface area contributed by atoms with Gasteiger partial charge in [0.2, 0.25) is 0 Å². The molecule has 5 nitrogen and oxygen atoms in total. The summed E-state index contributed by atoms with van der Waals surface area (Å²) in [4.78, 5) is 4.40. The van der Waals surface area contributed by atoms with Gasteiger partial charge in [-0.2, -0.15) is 0 Å². The van der Waals surface area contributed by atoms with Crippen LogP contribution >= 0.6 is 0 Å². The smallest absolute Gasteiger partial charge is 0.148 e. The van der Waals surface area contributed by atoms with Crippen LogP contribution in [-0.2, 0) is 16.4 Å². The summed E-state index contributed by atoms with van der Waals surface area (Å²) in [7, 11) is -2.89. The number of aromatic nitrogens is 2. The molecule has 1 N–H and O–H groups in total. The molecule has 0 amide bonds. The molecule has 0 saturated carbocycles. The van der Waals surface area contributed by atoms with Gasteiger partial charge in [0.05, 0.1) is 11.4 Å². The summed E-state index contributed by atoms with van der Waals surface area (Å²) in [5, 5.41) is 3.06. The Morgan fingerprint density at radius 2 is 2.24 bits per heavy atom. The second kappa shape index (κ2) is 4.85. The zero-order chi connectivity index (χ0) is 12.3. The number of hydrogen-bond acceptors (Lipinski definition) is 4. The number of fused-ring (bicyclic) bond motifs is 1. The highest BCUT2D eigenvalue weighted by molar-refractivity contribution is 7.90. The van der Waals surface area contributed by atoms with Gasteiger partial charge in [-0.3, -0.25) is 0 Å². The molecule has 0 fully saturated rings. The lowest BCUT2D eigenvalue weighted by atomic mass is 10.5. The molecule has 0 aromatic carbocycles. The minimum absolute atomic E-state index is 0.153. The number of nitrogens with zero attached hydrogens (tertiary/aromatic N) is 2.